The van der Waals surface area contributed by atoms with Gasteiger partial charge in [0, 0.05) is 26.2 Å². The normalized spacial score (nSPS) is 26.2. The molecule has 100 valence electrons. The average molecular weight is 261 g/mol. The van der Waals surface area contributed by atoms with Crippen LogP contribution >= 0.6 is 0 Å². The first kappa shape index (κ1) is 13.3. The molecule has 6 heteroatoms. The Bertz CT molecular complexity index is 331. The Morgan fingerprint density at radius 3 is 2.24 bits per heavy atom. The highest BCUT2D eigenvalue weighted by Gasteiger charge is 2.34. The first-order chi connectivity index (χ1) is 8.14. The van der Waals surface area contributed by atoms with Crippen LogP contribution < -0.4 is 5.32 Å². The Morgan fingerprint density at radius 1 is 1.12 bits per heavy atom. The van der Waals surface area contributed by atoms with E-state index < -0.39 is 10.0 Å². The molecule has 0 aromatic heterocycles. The Kier molecular flexibility index (Phi) is 4.41. The first-order valence-electron chi connectivity index (χ1n) is 6.56. The van der Waals surface area contributed by atoms with Crippen LogP contribution in [0.4, 0.5) is 0 Å². The van der Waals surface area contributed by atoms with Crippen molar-refractivity contribution in [3.63, 3.8) is 0 Å². The van der Waals surface area contributed by atoms with Gasteiger partial charge in [0.15, 0.2) is 0 Å². The zero-order valence-corrected chi connectivity index (χ0v) is 11.4. The highest BCUT2D eigenvalue weighted by molar-refractivity contribution is 7.89. The number of sulfonamides is 1. The molecular weight excluding hydrogens is 238 g/mol. The first-order valence-corrected chi connectivity index (χ1v) is 8.07. The van der Waals surface area contributed by atoms with Crippen LogP contribution in [0.3, 0.4) is 0 Å². The van der Waals surface area contributed by atoms with Crippen molar-refractivity contribution in [2.75, 3.05) is 45.8 Å². The molecule has 2 heterocycles. The summed E-state index contributed by atoms with van der Waals surface area (Å²) in [6, 6.07) is 0. The summed E-state index contributed by atoms with van der Waals surface area (Å²) >= 11 is 0. The Balaban J connectivity index is 1.96. The lowest BCUT2D eigenvalue weighted by molar-refractivity contribution is 0.194. The number of hydrogen-bond donors (Lipinski definition) is 1. The lowest BCUT2D eigenvalue weighted by atomic mass is 10.2. The molecule has 0 radical (unpaired) electrons. The molecule has 0 unspecified atom stereocenters. The molecule has 0 aliphatic carbocycles. The standard InChI is InChI=1S/C11H23N3O2S/c1-2-13-7-9-14(10-8-13)17(15,16)11-3-5-12-6-4-11/h11-12H,2-10H2,1H3. The number of piperazine rings is 1. The Labute approximate surface area is 104 Å². The molecule has 5 nitrogen and oxygen atoms in total. The third-order valence-electron chi connectivity index (χ3n) is 3.85. The number of likely N-dealkylation sites (N-methyl/N-ethyl adjacent to an activating group) is 1. The molecule has 0 saturated carbocycles. The van der Waals surface area contributed by atoms with Crippen LogP contribution in [0.15, 0.2) is 0 Å². The molecule has 17 heavy (non-hydrogen) atoms. The summed E-state index contributed by atoms with van der Waals surface area (Å²) in [7, 11) is -3.05. The zero-order chi connectivity index (χ0) is 12.3. The van der Waals surface area contributed by atoms with Gasteiger partial charge in [-0.05, 0) is 32.5 Å². The van der Waals surface area contributed by atoms with Crippen molar-refractivity contribution < 1.29 is 8.42 Å². The van der Waals surface area contributed by atoms with Crippen LogP contribution in [0, 0.1) is 0 Å². The Morgan fingerprint density at radius 2 is 1.71 bits per heavy atom. The predicted octanol–water partition coefficient (Wildman–Crippen LogP) is -0.294. The molecule has 2 rings (SSSR count). The fourth-order valence-electron chi connectivity index (χ4n) is 2.60. The molecule has 0 spiro atoms. The maximum absolute atomic E-state index is 12.4. The monoisotopic (exact) mass is 261 g/mol. The molecule has 2 aliphatic heterocycles. The van der Waals surface area contributed by atoms with Crippen LogP contribution in [0.5, 0.6) is 0 Å². The minimum Gasteiger partial charge on any atom is -0.317 e. The number of rotatable bonds is 3. The second-order valence-corrected chi connectivity index (χ2v) is 7.04. The fraction of sp³-hybridized carbons (Fsp3) is 1.00. The van der Waals surface area contributed by atoms with E-state index in [-0.39, 0.29) is 5.25 Å². The largest absolute Gasteiger partial charge is 0.317 e. The SMILES string of the molecule is CCN1CCN(S(=O)(=O)C2CCNCC2)CC1. The summed E-state index contributed by atoms with van der Waals surface area (Å²) < 4.78 is 26.5. The van der Waals surface area contributed by atoms with Gasteiger partial charge in [-0.1, -0.05) is 6.92 Å². The molecular formula is C11H23N3O2S. The van der Waals surface area contributed by atoms with E-state index in [1.165, 1.54) is 0 Å². The summed E-state index contributed by atoms with van der Waals surface area (Å²) in [4.78, 5) is 2.30. The van der Waals surface area contributed by atoms with Gasteiger partial charge in [-0.15, -0.1) is 0 Å². The minimum absolute atomic E-state index is 0.156. The number of piperidine rings is 1. The van der Waals surface area contributed by atoms with Gasteiger partial charge in [0.25, 0.3) is 0 Å². The molecule has 0 aromatic rings. The van der Waals surface area contributed by atoms with Crippen molar-refractivity contribution in [2.45, 2.75) is 25.0 Å². The quantitative estimate of drug-likeness (QED) is 0.758. The van der Waals surface area contributed by atoms with Gasteiger partial charge in [0.1, 0.15) is 0 Å². The summed E-state index contributed by atoms with van der Waals surface area (Å²) in [5.74, 6) is 0. The van der Waals surface area contributed by atoms with Gasteiger partial charge in [-0.3, -0.25) is 0 Å². The molecule has 1 N–H and O–H groups in total. The van der Waals surface area contributed by atoms with Crippen LogP contribution in [0.1, 0.15) is 19.8 Å². The third kappa shape index (κ3) is 2.99. The fourth-order valence-corrected chi connectivity index (χ4v) is 4.53. The molecule has 0 aromatic carbocycles. The van der Waals surface area contributed by atoms with Crippen molar-refractivity contribution in [1.29, 1.82) is 0 Å². The molecule has 2 saturated heterocycles. The maximum atomic E-state index is 12.4. The second kappa shape index (κ2) is 5.65. The van der Waals surface area contributed by atoms with Crippen LogP contribution in [0.2, 0.25) is 0 Å². The van der Waals surface area contributed by atoms with Gasteiger partial charge < -0.3 is 10.2 Å². The molecule has 2 fully saturated rings. The van der Waals surface area contributed by atoms with Crippen molar-refractivity contribution in [2.24, 2.45) is 0 Å². The number of hydrogen-bond acceptors (Lipinski definition) is 4. The van der Waals surface area contributed by atoms with E-state index in [0.29, 0.717) is 13.1 Å². The summed E-state index contributed by atoms with van der Waals surface area (Å²) in [6.07, 6.45) is 1.52. The van der Waals surface area contributed by atoms with Crippen molar-refractivity contribution in [3.8, 4) is 0 Å². The van der Waals surface area contributed by atoms with E-state index >= 15 is 0 Å². The van der Waals surface area contributed by atoms with Crippen LogP contribution in [0.25, 0.3) is 0 Å². The van der Waals surface area contributed by atoms with Crippen LogP contribution in [-0.2, 0) is 10.0 Å². The van der Waals surface area contributed by atoms with Gasteiger partial charge in [-0.25, -0.2) is 8.42 Å². The van der Waals surface area contributed by atoms with E-state index in [2.05, 4.69) is 17.1 Å². The van der Waals surface area contributed by atoms with E-state index in [9.17, 15) is 8.42 Å². The molecule has 2 aliphatic rings. The van der Waals surface area contributed by atoms with Crippen molar-refractivity contribution >= 4 is 10.0 Å². The lowest BCUT2D eigenvalue weighted by Gasteiger charge is -2.36. The average Bonchev–Trinajstić information content (AvgIpc) is 2.40. The minimum atomic E-state index is -3.05. The topological polar surface area (TPSA) is 52.7 Å². The van der Waals surface area contributed by atoms with Crippen molar-refractivity contribution in [1.82, 2.24) is 14.5 Å². The van der Waals surface area contributed by atoms with E-state index in [0.717, 1.165) is 45.6 Å². The summed E-state index contributed by atoms with van der Waals surface area (Å²) in [6.45, 7) is 7.89. The van der Waals surface area contributed by atoms with Gasteiger partial charge in [-0.2, -0.15) is 4.31 Å². The summed E-state index contributed by atoms with van der Waals surface area (Å²) in [5.41, 5.74) is 0. The smallest absolute Gasteiger partial charge is 0.217 e. The number of nitrogens with zero attached hydrogens (tertiary/aromatic N) is 2. The highest BCUT2D eigenvalue weighted by Crippen LogP contribution is 2.19. The molecule has 0 amide bonds. The Hall–Kier alpha value is -0.170. The van der Waals surface area contributed by atoms with Crippen LogP contribution in [-0.4, -0.2) is 68.7 Å². The highest BCUT2D eigenvalue weighted by atomic mass is 32.2. The lowest BCUT2D eigenvalue weighted by Crippen LogP contribution is -2.52. The third-order valence-corrected chi connectivity index (χ3v) is 6.24. The molecule has 0 atom stereocenters. The second-order valence-electron chi connectivity index (χ2n) is 4.83. The van der Waals surface area contributed by atoms with E-state index in [1.807, 2.05) is 0 Å². The van der Waals surface area contributed by atoms with E-state index in [4.69, 9.17) is 0 Å². The predicted molar refractivity (Wildman–Crippen MR) is 68.5 cm³/mol. The van der Waals surface area contributed by atoms with Gasteiger partial charge in [0.05, 0.1) is 5.25 Å². The zero-order valence-electron chi connectivity index (χ0n) is 10.6. The number of nitrogens with one attached hydrogen (secondary N) is 1. The maximum Gasteiger partial charge on any atom is 0.217 e. The van der Waals surface area contributed by atoms with Crippen molar-refractivity contribution in [3.05, 3.63) is 0 Å². The molecule has 0 bridgehead atoms. The van der Waals surface area contributed by atoms with Gasteiger partial charge >= 0.3 is 0 Å². The van der Waals surface area contributed by atoms with Gasteiger partial charge in [0.2, 0.25) is 10.0 Å². The summed E-state index contributed by atoms with van der Waals surface area (Å²) in [5, 5.41) is 3.06. The van der Waals surface area contributed by atoms with E-state index in [1.54, 1.807) is 4.31 Å².